The number of amides is 3. The quantitative estimate of drug-likeness (QED) is 0.0109. The summed E-state index contributed by atoms with van der Waals surface area (Å²) in [5.74, 6) is -0.430. The van der Waals surface area contributed by atoms with Crippen LogP contribution in [0.4, 0.5) is 0 Å². The van der Waals surface area contributed by atoms with E-state index in [0.717, 1.165) is 64.2 Å². The minimum Gasteiger partial charge on any atom is -1.00 e. The molecule has 107 heavy (non-hydrogen) atoms. The molecule has 4 unspecified atom stereocenters. The maximum atomic E-state index is 13.3. The van der Waals surface area contributed by atoms with E-state index in [-0.39, 0.29) is 113 Å². The molecular formula is C85H172N4Na2O14P2. The molecule has 0 aliphatic heterocycles. The SMILES string of the molecule is CCCCCCCCCCCCCC(=O)N[C@H](COCCC(CCCCCCC)CCCCCCCCCCCC)COP(=O)(O)OCCNC(=O)CC(=O)CNCOP(=O)(O)OC[C@@H](COCCC(CCCCCCC)CCCCCCCCCCCC)NC(=O)CCCCCCCCCCCCC.[H-].[H-].[Na+].[Na+]. The first-order chi connectivity index (χ1) is 51.1. The fourth-order valence-electron chi connectivity index (χ4n) is 13.9. The number of unbranched alkanes of at least 4 members (excludes halogenated alkanes) is 46. The summed E-state index contributed by atoms with van der Waals surface area (Å²) in [5, 5.41) is 11.1. The Bertz CT molecular complexity index is 1910. The van der Waals surface area contributed by atoms with Gasteiger partial charge >= 0.3 is 74.8 Å². The van der Waals surface area contributed by atoms with Crippen LogP contribution >= 0.6 is 15.6 Å². The zero-order valence-corrected chi connectivity index (χ0v) is 77.0. The molecule has 3 amide bonds. The summed E-state index contributed by atoms with van der Waals surface area (Å²) in [7, 11) is -9.32. The number of carbonyl (C=O) groups is 4. The predicted octanol–water partition coefficient (Wildman–Crippen LogP) is 17.9. The minimum absolute atomic E-state index is 0. The Hall–Kier alpha value is 0.180. The van der Waals surface area contributed by atoms with Gasteiger partial charge in [0.05, 0.1) is 58.1 Å². The number of phosphoric ester groups is 2. The molecule has 0 spiro atoms. The van der Waals surface area contributed by atoms with Crippen molar-refractivity contribution >= 4 is 39.2 Å². The van der Waals surface area contributed by atoms with Crippen molar-refractivity contribution < 1.29 is 128 Å². The van der Waals surface area contributed by atoms with Crippen LogP contribution in [0.5, 0.6) is 0 Å². The molecule has 0 aliphatic rings. The van der Waals surface area contributed by atoms with Crippen LogP contribution in [0.1, 0.15) is 436 Å². The maximum Gasteiger partial charge on any atom is 1.00 e. The van der Waals surface area contributed by atoms with Crippen LogP contribution in [0.3, 0.4) is 0 Å². The number of ether oxygens (including phenoxy) is 2. The first-order valence-corrected chi connectivity index (χ1v) is 47.6. The Kier molecular flexibility index (Phi) is 89.0. The molecule has 0 aromatic carbocycles. The second-order valence-electron chi connectivity index (χ2n) is 31.0. The van der Waals surface area contributed by atoms with Crippen molar-refractivity contribution in [1.29, 1.82) is 0 Å². The van der Waals surface area contributed by atoms with Crippen LogP contribution in [-0.2, 0) is 55.9 Å². The van der Waals surface area contributed by atoms with Crippen molar-refractivity contribution in [3.05, 3.63) is 0 Å². The molecule has 0 aliphatic carbocycles. The van der Waals surface area contributed by atoms with Gasteiger partial charge in [-0.1, -0.05) is 388 Å². The summed E-state index contributed by atoms with van der Waals surface area (Å²) in [4.78, 5) is 73.5. The monoisotopic (exact) mass is 1580 g/mol. The predicted molar refractivity (Wildman–Crippen MR) is 440 cm³/mol. The van der Waals surface area contributed by atoms with E-state index in [1.165, 1.54) is 308 Å². The Morgan fingerprint density at radius 3 is 0.897 bits per heavy atom. The van der Waals surface area contributed by atoms with Crippen LogP contribution in [0.25, 0.3) is 0 Å². The van der Waals surface area contributed by atoms with E-state index >= 15 is 0 Å². The van der Waals surface area contributed by atoms with Crippen molar-refractivity contribution in [3.8, 4) is 0 Å². The second kappa shape index (κ2) is 85.5. The van der Waals surface area contributed by atoms with Crippen molar-refractivity contribution in [1.82, 2.24) is 21.3 Å². The smallest absolute Gasteiger partial charge is 1.00 e. The van der Waals surface area contributed by atoms with Gasteiger partial charge in [-0.3, -0.25) is 42.6 Å². The number of nitrogens with one attached hydrogen (secondary N) is 4. The maximum absolute atomic E-state index is 13.3. The van der Waals surface area contributed by atoms with Crippen LogP contribution in [-0.4, -0.2) is 111 Å². The third-order valence-corrected chi connectivity index (χ3v) is 22.6. The van der Waals surface area contributed by atoms with E-state index in [2.05, 4.69) is 62.8 Å². The molecule has 6 N–H and O–H groups in total. The number of phosphoric acid groups is 2. The molecule has 0 saturated carbocycles. The van der Waals surface area contributed by atoms with Crippen LogP contribution in [0.2, 0.25) is 0 Å². The van der Waals surface area contributed by atoms with E-state index < -0.39 is 59.2 Å². The van der Waals surface area contributed by atoms with Gasteiger partial charge in [0.15, 0.2) is 5.78 Å². The molecule has 22 heteroatoms. The number of ketones is 1. The third kappa shape index (κ3) is 82.5. The van der Waals surface area contributed by atoms with Gasteiger partial charge in [-0.2, -0.15) is 0 Å². The molecule has 6 atom stereocenters. The number of hydrogen-bond donors (Lipinski definition) is 6. The average Bonchev–Trinajstić information content (AvgIpc) is 0.925. The van der Waals surface area contributed by atoms with Crippen molar-refractivity contribution in [3.63, 3.8) is 0 Å². The fraction of sp³-hybridized carbons (Fsp3) is 0.953. The van der Waals surface area contributed by atoms with Crippen LogP contribution in [0.15, 0.2) is 0 Å². The summed E-state index contributed by atoms with van der Waals surface area (Å²) in [6, 6.07) is -1.39. The molecule has 0 bridgehead atoms. The zero-order valence-electron chi connectivity index (χ0n) is 73.2. The van der Waals surface area contributed by atoms with Gasteiger partial charge < -0.3 is 38.1 Å². The Balaban J connectivity index is -0.00000901. The molecule has 0 aromatic rings. The van der Waals surface area contributed by atoms with Crippen LogP contribution < -0.4 is 80.4 Å². The fourth-order valence-corrected chi connectivity index (χ4v) is 15.4. The minimum atomic E-state index is -4.67. The second-order valence-corrected chi connectivity index (χ2v) is 33.9. The Morgan fingerprint density at radius 1 is 0.327 bits per heavy atom. The Labute approximate surface area is 705 Å². The molecule has 0 aromatic heterocycles. The van der Waals surface area contributed by atoms with E-state index in [9.17, 15) is 38.1 Å². The topological polar surface area (TPSA) is 246 Å². The van der Waals surface area contributed by atoms with E-state index in [1.807, 2.05) is 0 Å². The molecular weight excluding hydrogens is 1410 g/mol. The van der Waals surface area contributed by atoms with Crippen LogP contribution in [0, 0.1) is 11.8 Å². The number of Topliss-reactive ketones (excluding diaryl/α,β-unsaturated/α-hetero) is 1. The van der Waals surface area contributed by atoms with Gasteiger partial charge in [-0.25, -0.2) is 9.13 Å². The zero-order chi connectivity index (χ0) is 76.9. The van der Waals surface area contributed by atoms with Gasteiger partial charge in [0.2, 0.25) is 17.7 Å². The van der Waals surface area contributed by atoms with Gasteiger partial charge in [0.1, 0.15) is 6.73 Å². The van der Waals surface area contributed by atoms with Gasteiger partial charge in [-0.05, 0) is 37.5 Å². The van der Waals surface area contributed by atoms with Gasteiger partial charge in [0.25, 0.3) is 0 Å². The van der Waals surface area contributed by atoms with Crippen molar-refractivity contribution in [2.24, 2.45) is 11.8 Å². The van der Waals surface area contributed by atoms with Crippen molar-refractivity contribution in [2.75, 3.05) is 66.1 Å². The average molecular weight is 1580 g/mol. The standard InChI is InChI=1S/C85H170N4O14P2.2Na.2H/c1-7-13-19-25-29-33-37-41-45-51-57-63-83(91)88-80(73-98-68-65-78(59-53-47-23-17-11-5)61-55-49-43-39-35-31-27-21-15-9-3)75-101-104(94,95)100-70-67-87-85(93)71-82(90)72-86-77-103-105(96,97)102-76-81(89-84(92)64-58-52-46-42-38-34-30-26-20-14-8-2)74-99-69-66-79(60-54-48-24-18-12-6)62-56-50-44-40-36-32-28-22-16-10-4;;;;/h78-81,86H,7-77H2,1-6H3,(H,87,93)(H,88,91)(H,89,92)(H,94,95)(H,96,97);;;;/q;2*+1;2*-1/t78?,79?,80-,81-;;;;/m1..../s1. The largest absolute Gasteiger partial charge is 1.00 e. The summed E-state index contributed by atoms with van der Waals surface area (Å²) < 4.78 is 59.9. The molecule has 628 valence electrons. The molecule has 0 radical (unpaired) electrons. The van der Waals surface area contributed by atoms with E-state index in [0.29, 0.717) is 37.9 Å². The molecule has 0 rings (SSSR count). The van der Waals surface area contributed by atoms with Gasteiger partial charge in [-0.15, -0.1) is 0 Å². The van der Waals surface area contributed by atoms with E-state index in [1.54, 1.807) is 0 Å². The number of rotatable bonds is 87. The first kappa shape index (κ1) is 111. The normalized spacial score (nSPS) is 13.8. The third-order valence-electron chi connectivity index (χ3n) is 20.7. The van der Waals surface area contributed by atoms with E-state index in [4.69, 9.17) is 27.6 Å². The van der Waals surface area contributed by atoms with Crippen molar-refractivity contribution in [2.45, 2.75) is 445 Å². The Morgan fingerprint density at radius 2 is 0.598 bits per heavy atom. The molecule has 18 nitrogen and oxygen atoms in total. The number of hydrogen-bond acceptors (Lipinski definition) is 13. The summed E-state index contributed by atoms with van der Waals surface area (Å²) >= 11 is 0. The molecule has 0 heterocycles. The number of carbonyl (C=O) groups excluding carboxylic acids is 4. The van der Waals surface area contributed by atoms with Gasteiger partial charge in [0, 0.05) is 32.6 Å². The first-order valence-electron chi connectivity index (χ1n) is 44.6. The molecule has 0 saturated heterocycles. The summed E-state index contributed by atoms with van der Waals surface area (Å²) in [6.07, 6.45) is 71.1. The molecule has 0 fully saturated rings. The summed E-state index contributed by atoms with van der Waals surface area (Å²) in [6.45, 7) is 12.6. The summed E-state index contributed by atoms with van der Waals surface area (Å²) in [5.41, 5.74) is 0.